The molecule has 0 radical (unpaired) electrons. The highest BCUT2D eigenvalue weighted by molar-refractivity contribution is 6.30. The third kappa shape index (κ3) is 6.20. The van der Waals surface area contributed by atoms with E-state index in [2.05, 4.69) is 27.4 Å². The molecule has 0 aliphatic rings. The van der Waals surface area contributed by atoms with E-state index in [4.69, 9.17) is 21.9 Å². The minimum absolute atomic E-state index is 0.459. The van der Waals surface area contributed by atoms with Crippen LogP contribution in [0.3, 0.4) is 0 Å². The number of aliphatic imine (C=N–C) groups is 1. The maximum absolute atomic E-state index is 5.97. The second-order valence-electron chi connectivity index (χ2n) is 5.53. The van der Waals surface area contributed by atoms with Crippen molar-refractivity contribution in [3.05, 3.63) is 35.2 Å². The Bertz CT molecular complexity index is 656. The van der Waals surface area contributed by atoms with E-state index in [9.17, 15) is 0 Å². The summed E-state index contributed by atoms with van der Waals surface area (Å²) in [5, 5.41) is 7.67. The molecule has 1 aromatic heterocycles. The molecule has 24 heavy (non-hydrogen) atoms. The summed E-state index contributed by atoms with van der Waals surface area (Å²) in [6.45, 7) is 3.55. The molecule has 7 heteroatoms. The number of halogens is 1. The van der Waals surface area contributed by atoms with Crippen LogP contribution in [0.4, 0.5) is 0 Å². The lowest BCUT2D eigenvalue weighted by atomic mass is 10.2. The van der Waals surface area contributed by atoms with Gasteiger partial charge >= 0.3 is 0 Å². The van der Waals surface area contributed by atoms with Crippen molar-refractivity contribution in [1.82, 2.24) is 15.5 Å². The van der Waals surface area contributed by atoms with Crippen LogP contribution in [0.5, 0.6) is 0 Å². The van der Waals surface area contributed by atoms with Crippen molar-refractivity contribution in [2.75, 3.05) is 13.1 Å². The first-order chi connectivity index (χ1) is 11.7. The van der Waals surface area contributed by atoms with Gasteiger partial charge < -0.3 is 15.6 Å². The van der Waals surface area contributed by atoms with Crippen molar-refractivity contribution in [1.29, 1.82) is 0 Å². The first-order valence-electron chi connectivity index (χ1n) is 8.31. The highest BCUT2D eigenvalue weighted by atomic mass is 35.5. The van der Waals surface area contributed by atoms with Gasteiger partial charge in [0.05, 0.1) is 0 Å². The van der Waals surface area contributed by atoms with Crippen molar-refractivity contribution in [3.8, 4) is 11.4 Å². The molecule has 0 spiro atoms. The molecular formula is C17H24ClN5O. The number of aromatic nitrogens is 2. The number of rotatable bonds is 9. The van der Waals surface area contributed by atoms with E-state index in [-0.39, 0.29) is 0 Å². The molecular weight excluding hydrogens is 326 g/mol. The monoisotopic (exact) mass is 349 g/mol. The molecule has 0 bridgehead atoms. The van der Waals surface area contributed by atoms with E-state index < -0.39 is 0 Å². The predicted octanol–water partition coefficient (Wildman–Crippen LogP) is 3.42. The summed E-state index contributed by atoms with van der Waals surface area (Å²) in [6, 6.07) is 7.35. The smallest absolute Gasteiger partial charge is 0.228 e. The largest absolute Gasteiger partial charge is 0.370 e. The fourth-order valence-electron chi connectivity index (χ4n) is 2.19. The van der Waals surface area contributed by atoms with Crippen molar-refractivity contribution < 1.29 is 4.52 Å². The average Bonchev–Trinajstić information content (AvgIpc) is 3.04. The summed E-state index contributed by atoms with van der Waals surface area (Å²) < 4.78 is 5.24. The van der Waals surface area contributed by atoms with E-state index in [1.54, 1.807) is 12.1 Å². The van der Waals surface area contributed by atoms with Crippen molar-refractivity contribution in [2.24, 2.45) is 10.7 Å². The standard InChI is InChI=1S/C17H24ClN5O/c1-2-3-4-5-10-20-17(19)21-11-9-15-22-16(23-24-15)13-7-6-8-14(18)12-13/h6-8,12H,2-5,9-11H2,1H3,(H3,19,20,21). The highest BCUT2D eigenvalue weighted by Crippen LogP contribution is 2.19. The topological polar surface area (TPSA) is 89.3 Å². The van der Waals surface area contributed by atoms with Crippen molar-refractivity contribution in [2.45, 2.75) is 39.0 Å². The highest BCUT2D eigenvalue weighted by Gasteiger charge is 2.08. The Morgan fingerprint density at radius 2 is 2.21 bits per heavy atom. The van der Waals surface area contributed by atoms with Crippen LogP contribution in [0.2, 0.25) is 5.02 Å². The molecule has 0 fully saturated rings. The predicted molar refractivity (Wildman–Crippen MR) is 97.1 cm³/mol. The van der Waals surface area contributed by atoms with Crippen molar-refractivity contribution >= 4 is 17.6 Å². The summed E-state index contributed by atoms with van der Waals surface area (Å²) >= 11 is 5.97. The summed E-state index contributed by atoms with van der Waals surface area (Å²) in [7, 11) is 0. The van der Waals surface area contributed by atoms with Gasteiger partial charge in [-0.1, -0.05) is 55.1 Å². The average molecular weight is 350 g/mol. The Labute approximate surface area is 147 Å². The third-order valence-electron chi connectivity index (χ3n) is 3.49. The van der Waals surface area contributed by atoms with Gasteiger partial charge in [-0.2, -0.15) is 4.98 Å². The molecule has 0 atom stereocenters. The van der Waals surface area contributed by atoms with E-state index in [1.165, 1.54) is 19.3 Å². The molecule has 6 nitrogen and oxygen atoms in total. The first-order valence-corrected chi connectivity index (χ1v) is 8.69. The quantitative estimate of drug-likeness (QED) is 0.411. The van der Waals surface area contributed by atoms with Gasteiger partial charge in [0.15, 0.2) is 5.96 Å². The number of hydrogen-bond acceptors (Lipinski definition) is 4. The summed E-state index contributed by atoms with van der Waals surface area (Å²) in [5.74, 6) is 1.54. The van der Waals surface area contributed by atoms with Gasteiger partial charge in [0.1, 0.15) is 0 Å². The minimum Gasteiger partial charge on any atom is -0.370 e. The van der Waals surface area contributed by atoms with Crippen LogP contribution in [0.25, 0.3) is 11.4 Å². The Balaban J connectivity index is 1.74. The van der Waals surface area contributed by atoms with Gasteiger partial charge in [-0.15, -0.1) is 0 Å². The molecule has 0 aliphatic carbocycles. The fourth-order valence-corrected chi connectivity index (χ4v) is 2.38. The van der Waals surface area contributed by atoms with Crippen LogP contribution in [0, 0.1) is 0 Å². The number of unbranched alkanes of at least 4 members (excludes halogenated alkanes) is 3. The van der Waals surface area contributed by atoms with E-state index in [0.29, 0.717) is 35.7 Å². The molecule has 3 N–H and O–H groups in total. The number of nitrogens with zero attached hydrogens (tertiary/aromatic N) is 3. The van der Waals surface area contributed by atoms with E-state index in [1.807, 2.05) is 12.1 Å². The molecule has 0 unspecified atom stereocenters. The molecule has 1 aromatic carbocycles. The Kier molecular flexibility index (Phi) is 7.55. The van der Waals surface area contributed by atoms with Crippen LogP contribution in [-0.2, 0) is 6.42 Å². The van der Waals surface area contributed by atoms with Gasteiger partial charge in [0.2, 0.25) is 11.7 Å². The lowest BCUT2D eigenvalue weighted by Gasteiger charge is -2.03. The van der Waals surface area contributed by atoms with Crippen LogP contribution >= 0.6 is 11.6 Å². The first kappa shape index (κ1) is 18.3. The van der Waals surface area contributed by atoms with Gasteiger partial charge in [0, 0.05) is 30.1 Å². The number of hydrogen-bond donors (Lipinski definition) is 2. The zero-order valence-electron chi connectivity index (χ0n) is 14.0. The number of nitrogens with one attached hydrogen (secondary N) is 1. The lowest BCUT2D eigenvalue weighted by Crippen LogP contribution is -2.33. The van der Waals surface area contributed by atoms with Gasteiger partial charge in [-0.3, -0.25) is 4.99 Å². The number of guanidine groups is 1. The van der Waals surface area contributed by atoms with Crippen molar-refractivity contribution in [3.63, 3.8) is 0 Å². The number of nitrogens with two attached hydrogens (primary N) is 1. The zero-order valence-corrected chi connectivity index (χ0v) is 14.7. The Hall–Kier alpha value is -2.08. The Morgan fingerprint density at radius 3 is 3.00 bits per heavy atom. The minimum atomic E-state index is 0.459. The third-order valence-corrected chi connectivity index (χ3v) is 3.72. The SMILES string of the molecule is CCCCCCN=C(N)NCCc1nc(-c2cccc(Cl)c2)no1. The van der Waals surface area contributed by atoms with Crippen LogP contribution in [0.15, 0.2) is 33.8 Å². The lowest BCUT2D eigenvalue weighted by molar-refractivity contribution is 0.379. The molecule has 2 aromatic rings. The summed E-state index contributed by atoms with van der Waals surface area (Å²) in [6.07, 6.45) is 5.32. The summed E-state index contributed by atoms with van der Waals surface area (Å²) in [4.78, 5) is 8.65. The molecule has 1 heterocycles. The molecule has 0 saturated heterocycles. The molecule has 130 valence electrons. The van der Waals surface area contributed by atoms with E-state index in [0.717, 1.165) is 18.5 Å². The molecule has 2 rings (SSSR count). The maximum Gasteiger partial charge on any atom is 0.228 e. The van der Waals surface area contributed by atoms with Crippen LogP contribution in [0.1, 0.15) is 38.5 Å². The van der Waals surface area contributed by atoms with E-state index >= 15 is 0 Å². The summed E-state index contributed by atoms with van der Waals surface area (Å²) in [5.41, 5.74) is 6.66. The zero-order chi connectivity index (χ0) is 17.2. The Morgan fingerprint density at radius 1 is 1.33 bits per heavy atom. The van der Waals surface area contributed by atoms with Gasteiger partial charge in [-0.05, 0) is 18.6 Å². The van der Waals surface area contributed by atoms with Gasteiger partial charge in [0.25, 0.3) is 0 Å². The molecule has 0 amide bonds. The van der Waals surface area contributed by atoms with Gasteiger partial charge in [-0.25, -0.2) is 0 Å². The number of benzene rings is 1. The normalized spacial score (nSPS) is 11.7. The van der Waals surface area contributed by atoms with Crippen LogP contribution in [-0.4, -0.2) is 29.2 Å². The second-order valence-corrected chi connectivity index (χ2v) is 5.96. The molecule has 0 aliphatic heterocycles. The molecule has 0 saturated carbocycles. The fraction of sp³-hybridized carbons (Fsp3) is 0.471. The second kappa shape index (κ2) is 9.93. The maximum atomic E-state index is 5.97. The van der Waals surface area contributed by atoms with Crippen LogP contribution < -0.4 is 11.1 Å².